The highest BCUT2D eigenvalue weighted by Crippen LogP contribution is 2.33. The maximum Gasteiger partial charge on any atom is 0.229 e. The molecule has 134 valence electrons. The first-order chi connectivity index (χ1) is 12.6. The van der Waals surface area contributed by atoms with Gasteiger partial charge in [0.05, 0.1) is 22.5 Å². The number of rotatable bonds is 5. The number of aromatic nitrogens is 3. The average molecular weight is 369 g/mol. The third kappa shape index (κ3) is 3.32. The third-order valence-electron chi connectivity index (χ3n) is 4.51. The van der Waals surface area contributed by atoms with Crippen LogP contribution in [0.25, 0.3) is 10.2 Å². The van der Waals surface area contributed by atoms with Crippen molar-refractivity contribution in [2.75, 3.05) is 18.0 Å². The number of aryl methyl sites for hydroxylation is 1. The van der Waals surface area contributed by atoms with E-state index >= 15 is 0 Å². The molecule has 1 unspecified atom stereocenters. The Hall–Kier alpha value is -2.74. The summed E-state index contributed by atoms with van der Waals surface area (Å²) in [5.74, 6) is -0.468. The standard InChI is InChI=1S/C18H19N5O2S/c1-11-2-3-14-15(6-11)26-18(22-14)23-9-12(7-16(23)24)17(25)20-5-4-13-8-19-10-21-13/h2-3,6,8,10,12H,4-5,7,9H2,1H3,(H,19,21)(H,20,25). The number of benzene rings is 1. The Morgan fingerprint density at radius 2 is 2.35 bits per heavy atom. The van der Waals surface area contributed by atoms with Crippen LogP contribution in [0, 0.1) is 12.8 Å². The summed E-state index contributed by atoms with van der Waals surface area (Å²) in [5.41, 5.74) is 3.02. The number of thiazole rings is 1. The highest BCUT2D eigenvalue weighted by molar-refractivity contribution is 7.22. The summed E-state index contributed by atoms with van der Waals surface area (Å²) < 4.78 is 1.06. The lowest BCUT2D eigenvalue weighted by molar-refractivity contribution is -0.126. The van der Waals surface area contributed by atoms with Gasteiger partial charge < -0.3 is 10.3 Å². The minimum Gasteiger partial charge on any atom is -0.355 e. The maximum absolute atomic E-state index is 12.4. The van der Waals surface area contributed by atoms with Crippen LogP contribution in [-0.4, -0.2) is 39.9 Å². The third-order valence-corrected chi connectivity index (χ3v) is 5.55. The van der Waals surface area contributed by atoms with Gasteiger partial charge in [0.1, 0.15) is 0 Å². The lowest BCUT2D eigenvalue weighted by Crippen LogP contribution is -2.34. The molecule has 2 aromatic heterocycles. The summed E-state index contributed by atoms with van der Waals surface area (Å²) in [4.78, 5) is 37.9. The number of nitrogens with one attached hydrogen (secondary N) is 2. The van der Waals surface area contributed by atoms with E-state index in [1.165, 1.54) is 11.3 Å². The van der Waals surface area contributed by atoms with Crippen molar-refractivity contribution in [1.82, 2.24) is 20.3 Å². The van der Waals surface area contributed by atoms with Gasteiger partial charge in [-0.25, -0.2) is 9.97 Å². The molecule has 0 bridgehead atoms. The van der Waals surface area contributed by atoms with E-state index in [0.29, 0.717) is 24.6 Å². The van der Waals surface area contributed by atoms with Crippen LogP contribution in [0.5, 0.6) is 0 Å². The predicted molar refractivity (Wildman–Crippen MR) is 100 cm³/mol. The van der Waals surface area contributed by atoms with E-state index in [9.17, 15) is 9.59 Å². The van der Waals surface area contributed by atoms with Crippen LogP contribution >= 0.6 is 11.3 Å². The molecule has 1 fully saturated rings. The van der Waals surface area contributed by atoms with Gasteiger partial charge in [-0.05, 0) is 24.6 Å². The van der Waals surface area contributed by atoms with E-state index in [1.807, 2.05) is 19.1 Å². The van der Waals surface area contributed by atoms with Crippen molar-refractivity contribution in [3.05, 3.63) is 42.0 Å². The van der Waals surface area contributed by atoms with Gasteiger partial charge in [0.15, 0.2) is 5.13 Å². The van der Waals surface area contributed by atoms with Crippen molar-refractivity contribution in [1.29, 1.82) is 0 Å². The molecule has 26 heavy (non-hydrogen) atoms. The molecule has 2 N–H and O–H groups in total. The van der Waals surface area contributed by atoms with Gasteiger partial charge in [0, 0.05) is 37.8 Å². The number of hydrogen-bond acceptors (Lipinski definition) is 5. The van der Waals surface area contributed by atoms with Crippen LogP contribution < -0.4 is 10.2 Å². The summed E-state index contributed by atoms with van der Waals surface area (Å²) in [7, 11) is 0. The molecule has 1 aromatic carbocycles. The van der Waals surface area contributed by atoms with E-state index < -0.39 is 0 Å². The number of amides is 2. The Bertz CT molecular complexity index is 950. The molecule has 0 aliphatic carbocycles. The highest BCUT2D eigenvalue weighted by atomic mass is 32.1. The number of aromatic amines is 1. The maximum atomic E-state index is 12.4. The fourth-order valence-electron chi connectivity index (χ4n) is 3.09. The van der Waals surface area contributed by atoms with Gasteiger partial charge in [0.25, 0.3) is 0 Å². The van der Waals surface area contributed by atoms with E-state index in [1.54, 1.807) is 17.4 Å². The zero-order valence-corrected chi connectivity index (χ0v) is 15.2. The lowest BCUT2D eigenvalue weighted by Gasteiger charge is -2.13. The minimum absolute atomic E-state index is 0.0468. The predicted octanol–water partition coefficient (Wildman–Crippen LogP) is 2.04. The summed E-state index contributed by atoms with van der Waals surface area (Å²) in [6, 6.07) is 6.04. The van der Waals surface area contributed by atoms with E-state index in [0.717, 1.165) is 21.5 Å². The van der Waals surface area contributed by atoms with Crippen molar-refractivity contribution in [2.45, 2.75) is 19.8 Å². The number of imidazole rings is 1. The van der Waals surface area contributed by atoms with E-state index in [4.69, 9.17) is 0 Å². The van der Waals surface area contributed by atoms with Crippen LogP contribution in [0.1, 0.15) is 17.7 Å². The SMILES string of the molecule is Cc1ccc2nc(N3CC(C(=O)NCCc4cnc[nH]4)CC3=O)sc2c1. The number of nitrogens with zero attached hydrogens (tertiary/aromatic N) is 3. The van der Waals surface area contributed by atoms with Crippen LogP contribution in [-0.2, 0) is 16.0 Å². The zero-order valence-electron chi connectivity index (χ0n) is 14.4. The van der Waals surface area contributed by atoms with Crippen LogP contribution in [0.3, 0.4) is 0 Å². The molecule has 1 saturated heterocycles. The summed E-state index contributed by atoms with van der Waals surface area (Å²) in [5, 5.41) is 3.58. The normalized spacial score (nSPS) is 17.2. The highest BCUT2D eigenvalue weighted by Gasteiger charge is 2.36. The molecule has 0 saturated carbocycles. The quantitative estimate of drug-likeness (QED) is 0.720. The number of fused-ring (bicyclic) bond motifs is 1. The fourth-order valence-corrected chi connectivity index (χ4v) is 4.18. The van der Waals surface area contributed by atoms with Crippen molar-refractivity contribution in [3.63, 3.8) is 0 Å². The van der Waals surface area contributed by atoms with Gasteiger partial charge in [-0.2, -0.15) is 0 Å². The molecular formula is C18H19N5O2S. The molecule has 0 radical (unpaired) electrons. The number of hydrogen-bond donors (Lipinski definition) is 2. The number of carbonyl (C=O) groups excluding carboxylic acids is 2. The Morgan fingerprint density at radius 3 is 3.15 bits per heavy atom. The zero-order chi connectivity index (χ0) is 18.1. The van der Waals surface area contributed by atoms with Gasteiger partial charge in [-0.3, -0.25) is 14.5 Å². The molecule has 2 amide bonds. The molecular weight excluding hydrogens is 350 g/mol. The monoisotopic (exact) mass is 369 g/mol. The second kappa shape index (κ2) is 6.87. The van der Waals surface area contributed by atoms with Crippen LogP contribution in [0.15, 0.2) is 30.7 Å². The minimum atomic E-state index is -0.335. The molecule has 3 heterocycles. The molecule has 1 atom stereocenters. The summed E-state index contributed by atoms with van der Waals surface area (Å²) in [6.07, 6.45) is 4.27. The van der Waals surface area contributed by atoms with Crippen molar-refractivity contribution < 1.29 is 9.59 Å². The second-order valence-corrected chi connectivity index (χ2v) is 7.50. The van der Waals surface area contributed by atoms with Crippen molar-refractivity contribution >= 4 is 38.5 Å². The van der Waals surface area contributed by atoms with E-state index in [2.05, 4.69) is 26.3 Å². The number of H-pyrrole nitrogens is 1. The molecule has 0 spiro atoms. The molecule has 4 rings (SSSR count). The Balaban J connectivity index is 1.40. The fraction of sp³-hybridized carbons (Fsp3) is 0.333. The second-order valence-electron chi connectivity index (χ2n) is 6.49. The molecule has 3 aromatic rings. The molecule has 7 nitrogen and oxygen atoms in total. The van der Waals surface area contributed by atoms with Gasteiger partial charge in [-0.1, -0.05) is 17.4 Å². The van der Waals surface area contributed by atoms with Crippen LogP contribution in [0.2, 0.25) is 0 Å². The summed E-state index contributed by atoms with van der Waals surface area (Å²) >= 11 is 1.49. The first-order valence-electron chi connectivity index (χ1n) is 8.52. The van der Waals surface area contributed by atoms with E-state index in [-0.39, 0.29) is 24.2 Å². The smallest absolute Gasteiger partial charge is 0.229 e. The number of anilines is 1. The summed E-state index contributed by atoms with van der Waals surface area (Å²) in [6.45, 7) is 2.93. The molecule has 1 aliphatic heterocycles. The molecule has 1 aliphatic rings. The topological polar surface area (TPSA) is 91.0 Å². The Labute approximate surface area is 154 Å². The lowest BCUT2D eigenvalue weighted by atomic mass is 10.1. The average Bonchev–Trinajstić information content (AvgIpc) is 3.33. The Kier molecular flexibility index (Phi) is 4.42. The Morgan fingerprint density at radius 1 is 1.46 bits per heavy atom. The van der Waals surface area contributed by atoms with Crippen molar-refractivity contribution in [2.24, 2.45) is 5.92 Å². The van der Waals surface area contributed by atoms with Crippen molar-refractivity contribution in [3.8, 4) is 0 Å². The molecule has 8 heteroatoms. The largest absolute Gasteiger partial charge is 0.355 e. The van der Waals surface area contributed by atoms with Gasteiger partial charge in [-0.15, -0.1) is 0 Å². The first-order valence-corrected chi connectivity index (χ1v) is 9.34. The van der Waals surface area contributed by atoms with Gasteiger partial charge >= 0.3 is 0 Å². The van der Waals surface area contributed by atoms with Gasteiger partial charge in [0.2, 0.25) is 11.8 Å². The van der Waals surface area contributed by atoms with Crippen LogP contribution in [0.4, 0.5) is 5.13 Å². The first kappa shape index (κ1) is 16.7. The number of carbonyl (C=O) groups is 2.